The van der Waals surface area contributed by atoms with Crippen LogP contribution >= 0.6 is 11.3 Å². The Bertz CT molecular complexity index is 834. The number of carbonyl (C=O) groups is 1. The maximum atomic E-state index is 12.2. The smallest absolute Gasteiger partial charge is 0.410 e. The highest BCUT2D eigenvalue weighted by molar-refractivity contribution is 7.13. The average molecular weight is 403 g/mol. The Kier molecular flexibility index (Phi) is 6.31. The summed E-state index contributed by atoms with van der Waals surface area (Å²) in [7, 11) is 0. The summed E-state index contributed by atoms with van der Waals surface area (Å²) in [5.41, 5.74) is 2.35. The molecule has 0 unspecified atom stereocenters. The molecule has 0 radical (unpaired) electrons. The molecule has 2 aromatic rings. The first-order valence-corrected chi connectivity index (χ1v) is 10.2. The average Bonchev–Trinajstić information content (AvgIpc) is 3.13. The van der Waals surface area contributed by atoms with E-state index in [1.807, 2.05) is 38.3 Å². The number of amides is 1. The Morgan fingerprint density at radius 2 is 2.11 bits per heavy atom. The van der Waals surface area contributed by atoms with Crippen LogP contribution in [0.25, 0.3) is 6.08 Å². The lowest BCUT2D eigenvalue weighted by Gasteiger charge is -2.31. The summed E-state index contributed by atoms with van der Waals surface area (Å²) in [6, 6.07) is 3.81. The summed E-state index contributed by atoms with van der Waals surface area (Å²) >= 11 is 1.49. The second-order valence-corrected chi connectivity index (χ2v) is 8.56. The first kappa shape index (κ1) is 20.3. The van der Waals surface area contributed by atoms with Gasteiger partial charge in [0.2, 0.25) is 0 Å². The van der Waals surface area contributed by atoms with Crippen molar-refractivity contribution in [1.82, 2.24) is 14.9 Å². The molecule has 1 aliphatic rings. The number of aliphatic hydroxyl groups is 1. The third kappa shape index (κ3) is 5.77. The molecule has 0 saturated carbocycles. The molecular weight excluding hydrogens is 376 g/mol. The molecule has 0 bridgehead atoms. The fourth-order valence-corrected chi connectivity index (χ4v) is 3.45. The zero-order chi connectivity index (χ0) is 20.1. The van der Waals surface area contributed by atoms with Gasteiger partial charge in [0.25, 0.3) is 0 Å². The molecule has 2 aromatic heterocycles. The van der Waals surface area contributed by atoms with E-state index < -0.39 is 5.60 Å². The van der Waals surface area contributed by atoms with Crippen molar-refractivity contribution in [3.05, 3.63) is 40.5 Å². The standard InChI is InChI=1S/C20H26N4O3S/c1-20(2,3)27-19(26)24-7-4-14(5-8-24)10-15-11-16(13-25)22-17(12-15)23-18-21-6-9-28-18/h6,9-12,25H,4-5,7-8,13H2,1-3H3,(H,21,22,23). The van der Waals surface area contributed by atoms with Gasteiger partial charge in [-0.2, -0.15) is 0 Å². The fourth-order valence-electron chi connectivity index (χ4n) is 2.92. The van der Waals surface area contributed by atoms with E-state index in [4.69, 9.17) is 4.74 Å². The number of ether oxygens (including phenoxy) is 1. The molecule has 2 N–H and O–H groups in total. The quantitative estimate of drug-likeness (QED) is 0.797. The molecule has 1 amide bonds. The van der Waals surface area contributed by atoms with Crippen LogP contribution in [0.15, 0.2) is 29.3 Å². The molecule has 7 nitrogen and oxygen atoms in total. The molecular formula is C20H26N4O3S. The molecule has 0 aliphatic carbocycles. The summed E-state index contributed by atoms with van der Waals surface area (Å²) in [6.45, 7) is 6.78. The van der Waals surface area contributed by atoms with E-state index in [0.29, 0.717) is 24.6 Å². The van der Waals surface area contributed by atoms with E-state index in [-0.39, 0.29) is 12.7 Å². The molecule has 8 heteroatoms. The molecule has 150 valence electrons. The van der Waals surface area contributed by atoms with Crippen LogP contribution in [0.4, 0.5) is 15.7 Å². The van der Waals surface area contributed by atoms with Gasteiger partial charge < -0.3 is 20.1 Å². The number of piperidine rings is 1. The molecule has 1 aliphatic heterocycles. The van der Waals surface area contributed by atoms with Crippen molar-refractivity contribution in [1.29, 1.82) is 0 Å². The van der Waals surface area contributed by atoms with E-state index in [9.17, 15) is 9.90 Å². The lowest BCUT2D eigenvalue weighted by Crippen LogP contribution is -2.40. The molecule has 0 atom stereocenters. The van der Waals surface area contributed by atoms with Gasteiger partial charge >= 0.3 is 6.09 Å². The lowest BCUT2D eigenvalue weighted by atomic mass is 10.0. The third-order valence-electron chi connectivity index (χ3n) is 4.16. The molecule has 1 saturated heterocycles. The Morgan fingerprint density at radius 1 is 1.36 bits per heavy atom. The topological polar surface area (TPSA) is 87.6 Å². The van der Waals surface area contributed by atoms with E-state index in [2.05, 4.69) is 21.4 Å². The van der Waals surface area contributed by atoms with Gasteiger partial charge in [-0.3, -0.25) is 0 Å². The summed E-state index contributed by atoms with van der Waals surface area (Å²) in [6.07, 6.45) is 5.18. The predicted molar refractivity (Wildman–Crippen MR) is 111 cm³/mol. The van der Waals surface area contributed by atoms with Crippen molar-refractivity contribution in [2.24, 2.45) is 0 Å². The number of aromatic nitrogens is 2. The zero-order valence-electron chi connectivity index (χ0n) is 16.4. The maximum absolute atomic E-state index is 12.2. The van der Waals surface area contributed by atoms with Gasteiger partial charge in [0.05, 0.1) is 12.3 Å². The Balaban J connectivity index is 1.67. The number of pyridine rings is 1. The van der Waals surface area contributed by atoms with E-state index in [1.54, 1.807) is 11.1 Å². The van der Waals surface area contributed by atoms with Gasteiger partial charge in [0.15, 0.2) is 5.13 Å². The maximum Gasteiger partial charge on any atom is 0.410 e. The molecule has 28 heavy (non-hydrogen) atoms. The van der Waals surface area contributed by atoms with Crippen molar-refractivity contribution in [2.75, 3.05) is 18.4 Å². The van der Waals surface area contributed by atoms with Crippen molar-refractivity contribution < 1.29 is 14.6 Å². The normalized spacial score (nSPS) is 14.7. The van der Waals surface area contributed by atoms with Crippen LogP contribution in [0.1, 0.15) is 44.9 Å². The highest BCUT2D eigenvalue weighted by Gasteiger charge is 2.24. The minimum Gasteiger partial charge on any atom is -0.444 e. The summed E-state index contributed by atoms with van der Waals surface area (Å²) in [5.74, 6) is 0.652. The Labute approximate surface area is 169 Å². The van der Waals surface area contributed by atoms with Crippen LogP contribution in [-0.4, -0.2) is 44.8 Å². The molecule has 0 spiro atoms. The number of rotatable bonds is 4. The van der Waals surface area contributed by atoms with Crippen LogP contribution in [0.3, 0.4) is 0 Å². The predicted octanol–water partition coefficient (Wildman–Crippen LogP) is 4.19. The first-order valence-electron chi connectivity index (χ1n) is 9.28. The Hall–Kier alpha value is -2.45. The van der Waals surface area contributed by atoms with Gasteiger partial charge in [-0.25, -0.2) is 14.8 Å². The van der Waals surface area contributed by atoms with Gasteiger partial charge in [0.1, 0.15) is 11.4 Å². The highest BCUT2D eigenvalue weighted by atomic mass is 32.1. The van der Waals surface area contributed by atoms with Gasteiger partial charge in [-0.1, -0.05) is 11.6 Å². The lowest BCUT2D eigenvalue weighted by molar-refractivity contribution is 0.0237. The number of aliphatic hydroxyl groups excluding tert-OH is 1. The number of hydrogen-bond donors (Lipinski definition) is 2. The number of thiazole rings is 1. The number of hydrogen-bond acceptors (Lipinski definition) is 7. The number of likely N-dealkylation sites (tertiary alicyclic amines) is 1. The number of anilines is 2. The summed E-state index contributed by atoms with van der Waals surface area (Å²) < 4.78 is 5.44. The number of carbonyl (C=O) groups excluding carboxylic acids is 1. The van der Waals surface area contributed by atoms with Crippen LogP contribution < -0.4 is 5.32 Å². The molecule has 1 fully saturated rings. The minimum absolute atomic E-state index is 0.129. The van der Waals surface area contributed by atoms with Crippen LogP contribution in [0.2, 0.25) is 0 Å². The van der Waals surface area contributed by atoms with Crippen molar-refractivity contribution in [3.63, 3.8) is 0 Å². The van der Waals surface area contributed by atoms with Crippen molar-refractivity contribution in [2.45, 2.75) is 45.8 Å². The van der Waals surface area contributed by atoms with Gasteiger partial charge in [0, 0.05) is 24.7 Å². The third-order valence-corrected chi connectivity index (χ3v) is 4.85. The molecule has 3 heterocycles. The minimum atomic E-state index is -0.480. The summed E-state index contributed by atoms with van der Waals surface area (Å²) in [5, 5.41) is 15.3. The Morgan fingerprint density at radius 3 is 2.71 bits per heavy atom. The monoisotopic (exact) mass is 402 g/mol. The van der Waals surface area contributed by atoms with Crippen LogP contribution in [0, 0.1) is 0 Å². The molecule has 0 aromatic carbocycles. The first-order chi connectivity index (χ1) is 13.3. The van der Waals surface area contributed by atoms with Gasteiger partial charge in [-0.15, -0.1) is 11.3 Å². The molecule has 3 rings (SSSR count). The van der Waals surface area contributed by atoms with Crippen LogP contribution in [-0.2, 0) is 11.3 Å². The van der Waals surface area contributed by atoms with Crippen molar-refractivity contribution >= 4 is 34.5 Å². The van der Waals surface area contributed by atoms with Crippen molar-refractivity contribution in [3.8, 4) is 0 Å². The SMILES string of the molecule is CC(C)(C)OC(=O)N1CCC(=Cc2cc(CO)nc(Nc3nccs3)c2)CC1. The number of nitrogens with zero attached hydrogens (tertiary/aromatic N) is 3. The zero-order valence-corrected chi connectivity index (χ0v) is 17.3. The summed E-state index contributed by atoms with van der Waals surface area (Å²) in [4.78, 5) is 22.5. The number of nitrogens with one attached hydrogen (secondary N) is 1. The van der Waals surface area contributed by atoms with E-state index in [0.717, 1.165) is 23.5 Å². The largest absolute Gasteiger partial charge is 0.444 e. The van der Waals surface area contributed by atoms with E-state index in [1.165, 1.54) is 16.9 Å². The van der Waals surface area contributed by atoms with E-state index >= 15 is 0 Å². The van der Waals surface area contributed by atoms with Gasteiger partial charge in [-0.05, 0) is 51.3 Å². The highest BCUT2D eigenvalue weighted by Crippen LogP contribution is 2.24. The second kappa shape index (κ2) is 8.70. The fraction of sp³-hybridized carbons (Fsp3) is 0.450. The second-order valence-electron chi connectivity index (χ2n) is 7.67. The van der Waals surface area contributed by atoms with Crippen LogP contribution in [0.5, 0.6) is 0 Å².